The van der Waals surface area contributed by atoms with Crippen molar-refractivity contribution >= 4 is 5.82 Å². The zero-order valence-corrected chi connectivity index (χ0v) is 23.3. The average molecular weight is 524 g/mol. The molecular formula is C33H37N3O3. The van der Waals surface area contributed by atoms with Gasteiger partial charge in [-0.25, -0.2) is 9.97 Å². The molecule has 0 aliphatic heterocycles. The Labute approximate surface area is 231 Å². The summed E-state index contributed by atoms with van der Waals surface area (Å²) in [5, 5.41) is 0. The summed E-state index contributed by atoms with van der Waals surface area (Å²) in [6.45, 7) is 3.72. The van der Waals surface area contributed by atoms with Crippen molar-refractivity contribution in [1.82, 2.24) is 9.97 Å². The molecule has 5 rings (SSSR count). The van der Waals surface area contributed by atoms with Gasteiger partial charge in [-0.05, 0) is 96.8 Å². The number of benzene rings is 3. The summed E-state index contributed by atoms with van der Waals surface area (Å²) in [4.78, 5) is 11.9. The lowest BCUT2D eigenvalue weighted by molar-refractivity contribution is 0.312. The lowest BCUT2D eigenvalue weighted by atomic mass is 9.99. The smallest absolute Gasteiger partial charge is 0.161 e. The molecule has 6 nitrogen and oxygen atoms in total. The van der Waals surface area contributed by atoms with Crippen molar-refractivity contribution in [1.29, 1.82) is 0 Å². The predicted octanol–water partition coefficient (Wildman–Crippen LogP) is 7.17. The van der Waals surface area contributed by atoms with E-state index in [2.05, 4.69) is 37.1 Å². The van der Waals surface area contributed by atoms with Crippen LogP contribution in [-0.4, -0.2) is 44.4 Å². The Hall–Kier alpha value is -4.06. The first-order valence-corrected chi connectivity index (χ1v) is 13.7. The van der Waals surface area contributed by atoms with Crippen molar-refractivity contribution in [2.45, 2.75) is 38.5 Å². The molecule has 0 fully saturated rings. The molecule has 0 amide bonds. The number of ether oxygens (including phenoxy) is 3. The van der Waals surface area contributed by atoms with Crippen LogP contribution in [0.3, 0.4) is 0 Å². The fraction of sp³-hybridized carbons (Fsp3) is 0.333. The van der Waals surface area contributed by atoms with Crippen molar-refractivity contribution in [3.8, 4) is 39.8 Å². The SMILES string of the molecule is CC[C@@H]1CCc2cc(OCCCN(C)c3nc(-c4ccc(OC)cc4)ncc3-c3ccc(OC)cc3)ccc21. The van der Waals surface area contributed by atoms with Crippen molar-refractivity contribution < 1.29 is 14.2 Å². The zero-order valence-electron chi connectivity index (χ0n) is 23.3. The summed E-state index contributed by atoms with van der Waals surface area (Å²) in [7, 11) is 5.42. The molecule has 39 heavy (non-hydrogen) atoms. The van der Waals surface area contributed by atoms with Crippen molar-refractivity contribution in [2.24, 2.45) is 0 Å². The molecule has 1 heterocycles. The quantitative estimate of drug-likeness (QED) is 0.194. The fourth-order valence-electron chi connectivity index (χ4n) is 5.31. The number of hydrogen-bond donors (Lipinski definition) is 0. The van der Waals surface area contributed by atoms with E-state index in [1.165, 1.54) is 24.0 Å². The highest BCUT2D eigenvalue weighted by molar-refractivity contribution is 5.77. The first-order valence-electron chi connectivity index (χ1n) is 13.7. The number of aromatic nitrogens is 2. The van der Waals surface area contributed by atoms with Crippen LogP contribution in [0.15, 0.2) is 72.9 Å². The van der Waals surface area contributed by atoms with Gasteiger partial charge in [0.05, 0.1) is 20.8 Å². The Kier molecular flexibility index (Phi) is 8.30. The lowest BCUT2D eigenvalue weighted by Gasteiger charge is -2.22. The molecule has 4 aromatic rings. The van der Waals surface area contributed by atoms with E-state index in [0.717, 1.165) is 59.1 Å². The Morgan fingerprint density at radius 1 is 0.872 bits per heavy atom. The number of fused-ring (bicyclic) bond motifs is 1. The summed E-state index contributed by atoms with van der Waals surface area (Å²) in [6, 6.07) is 22.5. The van der Waals surface area contributed by atoms with Gasteiger partial charge in [0.2, 0.25) is 0 Å². The topological polar surface area (TPSA) is 56.7 Å². The zero-order chi connectivity index (χ0) is 27.2. The molecule has 1 atom stereocenters. The highest BCUT2D eigenvalue weighted by Gasteiger charge is 2.21. The van der Waals surface area contributed by atoms with Crippen LogP contribution in [0.5, 0.6) is 17.2 Å². The molecule has 0 saturated heterocycles. The Bertz CT molecular complexity index is 1390. The monoisotopic (exact) mass is 523 g/mol. The van der Waals surface area contributed by atoms with Gasteiger partial charge in [0, 0.05) is 30.9 Å². The van der Waals surface area contributed by atoms with Crippen molar-refractivity contribution in [3.05, 3.63) is 84.1 Å². The second-order valence-corrected chi connectivity index (χ2v) is 10.0. The van der Waals surface area contributed by atoms with Gasteiger partial charge in [-0.2, -0.15) is 0 Å². The molecule has 1 aliphatic carbocycles. The Morgan fingerprint density at radius 2 is 1.54 bits per heavy atom. The van der Waals surface area contributed by atoms with Crippen LogP contribution >= 0.6 is 0 Å². The summed E-state index contributed by atoms with van der Waals surface area (Å²) < 4.78 is 16.8. The first-order chi connectivity index (χ1) is 19.1. The standard InChI is InChI=1S/C33H37N3O3/c1-5-23-7-8-26-21-29(17-18-30(23)26)39-20-6-19-36(2)33-31(24-9-13-27(37-3)14-10-24)22-34-32(35-33)25-11-15-28(38-4)16-12-25/h9-18,21-23H,5-8,19-20H2,1-4H3/t23-/m1/s1. The largest absolute Gasteiger partial charge is 0.497 e. The average Bonchev–Trinajstić information content (AvgIpc) is 3.41. The summed E-state index contributed by atoms with van der Waals surface area (Å²) >= 11 is 0. The van der Waals surface area contributed by atoms with E-state index in [1.54, 1.807) is 14.2 Å². The van der Waals surface area contributed by atoms with Gasteiger partial charge in [-0.15, -0.1) is 0 Å². The van der Waals surface area contributed by atoms with Crippen molar-refractivity contribution in [2.75, 3.05) is 39.3 Å². The molecule has 0 unspecified atom stereocenters. The van der Waals surface area contributed by atoms with Gasteiger partial charge in [0.1, 0.15) is 23.1 Å². The number of nitrogens with zero attached hydrogens (tertiary/aromatic N) is 3. The second kappa shape index (κ2) is 12.2. The van der Waals surface area contributed by atoms with Gasteiger partial charge in [-0.1, -0.05) is 25.1 Å². The molecule has 0 bridgehead atoms. The molecule has 3 aromatic carbocycles. The maximum atomic E-state index is 6.16. The van der Waals surface area contributed by atoms with Gasteiger partial charge in [0.15, 0.2) is 5.82 Å². The van der Waals surface area contributed by atoms with E-state index in [0.29, 0.717) is 18.3 Å². The third-order valence-electron chi connectivity index (χ3n) is 7.60. The van der Waals surface area contributed by atoms with Crippen LogP contribution in [-0.2, 0) is 6.42 Å². The van der Waals surface area contributed by atoms with Gasteiger partial charge < -0.3 is 19.1 Å². The third kappa shape index (κ3) is 6.00. The number of hydrogen-bond acceptors (Lipinski definition) is 6. The van der Waals surface area contributed by atoms with Crippen LogP contribution < -0.4 is 19.1 Å². The van der Waals surface area contributed by atoms with E-state index in [9.17, 15) is 0 Å². The van der Waals surface area contributed by atoms with E-state index in [-0.39, 0.29) is 0 Å². The number of aryl methyl sites for hydroxylation is 1. The fourth-order valence-corrected chi connectivity index (χ4v) is 5.31. The molecular weight excluding hydrogens is 486 g/mol. The minimum absolute atomic E-state index is 0.647. The number of anilines is 1. The first kappa shape index (κ1) is 26.5. The Balaban J connectivity index is 1.31. The van der Waals surface area contributed by atoms with E-state index in [4.69, 9.17) is 24.2 Å². The van der Waals surface area contributed by atoms with Crippen LogP contribution in [0.25, 0.3) is 22.5 Å². The second-order valence-electron chi connectivity index (χ2n) is 10.0. The van der Waals surface area contributed by atoms with Gasteiger partial charge in [0.25, 0.3) is 0 Å². The van der Waals surface area contributed by atoms with E-state index >= 15 is 0 Å². The predicted molar refractivity (Wildman–Crippen MR) is 157 cm³/mol. The molecule has 6 heteroatoms. The Morgan fingerprint density at radius 3 is 2.21 bits per heavy atom. The summed E-state index contributed by atoms with van der Waals surface area (Å²) in [5.41, 5.74) is 5.91. The number of methoxy groups -OCH3 is 2. The minimum atomic E-state index is 0.647. The molecule has 0 radical (unpaired) electrons. The lowest BCUT2D eigenvalue weighted by Crippen LogP contribution is -2.22. The molecule has 0 saturated carbocycles. The minimum Gasteiger partial charge on any atom is -0.497 e. The molecule has 1 aliphatic rings. The van der Waals surface area contributed by atoms with E-state index < -0.39 is 0 Å². The summed E-state index contributed by atoms with van der Waals surface area (Å²) in [5.74, 6) is 4.85. The van der Waals surface area contributed by atoms with Crippen LogP contribution in [0, 0.1) is 0 Å². The van der Waals surface area contributed by atoms with Crippen molar-refractivity contribution in [3.63, 3.8) is 0 Å². The van der Waals surface area contributed by atoms with Crippen LogP contribution in [0.4, 0.5) is 5.82 Å². The maximum Gasteiger partial charge on any atom is 0.161 e. The number of rotatable bonds is 11. The highest BCUT2D eigenvalue weighted by Crippen LogP contribution is 2.37. The van der Waals surface area contributed by atoms with E-state index in [1.807, 2.05) is 54.7 Å². The van der Waals surface area contributed by atoms with Gasteiger partial charge in [-0.3, -0.25) is 0 Å². The molecule has 202 valence electrons. The molecule has 0 spiro atoms. The molecule has 0 N–H and O–H groups in total. The molecule has 1 aromatic heterocycles. The highest BCUT2D eigenvalue weighted by atomic mass is 16.5. The van der Waals surface area contributed by atoms with Crippen LogP contribution in [0.2, 0.25) is 0 Å². The summed E-state index contributed by atoms with van der Waals surface area (Å²) in [6.07, 6.45) is 6.40. The third-order valence-corrected chi connectivity index (χ3v) is 7.60. The normalized spacial score (nSPS) is 14.1. The van der Waals surface area contributed by atoms with Crippen LogP contribution in [0.1, 0.15) is 43.2 Å². The van der Waals surface area contributed by atoms with Gasteiger partial charge >= 0.3 is 0 Å². The maximum absolute atomic E-state index is 6.16.